The molecule has 1 amide bonds. The van der Waals surface area contributed by atoms with Gasteiger partial charge in [0.25, 0.3) is 0 Å². The number of aliphatic hydroxyl groups excluding tert-OH is 1. The summed E-state index contributed by atoms with van der Waals surface area (Å²) in [5.74, 6) is 0.780. The number of carbonyl (C=O) groups is 1. The Morgan fingerprint density at radius 3 is 2.90 bits per heavy atom. The van der Waals surface area contributed by atoms with E-state index in [9.17, 15) is 9.90 Å². The van der Waals surface area contributed by atoms with Gasteiger partial charge in [-0.1, -0.05) is 18.2 Å². The average molecular weight is 290 g/mol. The molecule has 3 atom stereocenters. The number of hydrogen-bond acceptors (Lipinski definition) is 4. The van der Waals surface area contributed by atoms with Gasteiger partial charge in [0, 0.05) is 18.5 Å². The predicted molar refractivity (Wildman–Crippen MR) is 79.1 cm³/mol. The van der Waals surface area contributed by atoms with Crippen molar-refractivity contribution in [1.29, 1.82) is 0 Å². The molecule has 0 radical (unpaired) electrons. The highest BCUT2D eigenvalue weighted by Crippen LogP contribution is 2.39. The van der Waals surface area contributed by atoms with Crippen molar-refractivity contribution in [1.82, 2.24) is 10.6 Å². The second-order valence-electron chi connectivity index (χ2n) is 6.52. The van der Waals surface area contributed by atoms with Crippen LogP contribution in [0.25, 0.3) is 0 Å². The van der Waals surface area contributed by atoms with Crippen LogP contribution >= 0.6 is 0 Å². The minimum atomic E-state index is -0.431. The first-order chi connectivity index (χ1) is 9.94. The summed E-state index contributed by atoms with van der Waals surface area (Å²) in [6.45, 7) is 4.54. The van der Waals surface area contributed by atoms with Gasteiger partial charge in [-0.3, -0.25) is 4.79 Å². The number of hydrogen-bond donors (Lipinski definition) is 3. The summed E-state index contributed by atoms with van der Waals surface area (Å²) in [4.78, 5) is 12.4. The van der Waals surface area contributed by atoms with Crippen LogP contribution in [0.2, 0.25) is 0 Å². The van der Waals surface area contributed by atoms with Crippen molar-refractivity contribution < 1.29 is 14.6 Å². The van der Waals surface area contributed by atoms with E-state index in [0.29, 0.717) is 13.0 Å². The van der Waals surface area contributed by atoms with Gasteiger partial charge in [-0.2, -0.15) is 0 Å². The Kier molecular flexibility index (Phi) is 3.63. The molecule has 3 N–H and O–H groups in total. The van der Waals surface area contributed by atoms with Crippen LogP contribution in [-0.4, -0.2) is 35.3 Å². The number of para-hydroxylation sites is 1. The molecule has 3 unspecified atom stereocenters. The van der Waals surface area contributed by atoms with Crippen molar-refractivity contribution in [3.63, 3.8) is 0 Å². The second kappa shape index (κ2) is 5.31. The third-order valence-corrected chi connectivity index (χ3v) is 4.12. The standard InChI is InChI=1S/C16H22N2O3/c1-16(2)8-13(11-5-3-4-6-14(11)21-16)18-15(20)12-7-10(19)9-17-12/h3-6,10,12-13,17,19H,7-9H2,1-2H3,(H,18,20). The lowest BCUT2D eigenvalue weighted by Crippen LogP contribution is -2.46. The second-order valence-corrected chi connectivity index (χ2v) is 6.52. The lowest BCUT2D eigenvalue weighted by Gasteiger charge is -2.38. The van der Waals surface area contributed by atoms with Gasteiger partial charge < -0.3 is 20.5 Å². The van der Waals surface area contributed by atoms with E-state index >= 15 is 0 Å². The summed E-state index contributed by atoms with van der Waals surface area (Å²) in [5.41, 5.74) is 0.707. The van der Waals surface area contributed by atoms with Crippen LogP contribution in [0.3, 0.4) is 0 Å². The Hall–Kier alpha value is -1.59. The number of fused-ring (bicyclic) bond motifs is 1. The maximum Gasteiger partial charge on any atom is 0.237 e. The van der Waals surface area contributed by atoms with E-state index in [1.807, 2.05) is 38.1 Å². The van der Waals surface area contributed by atoms with Gasteiger partial charge >= 0.3 is 0 Å². The van der Waals surface area contributed by atoms with Crippen molar-refractivity contribution in [2.75, 3.05) is 6.54 Å². The molecule has 0 spiro atoms. The van der Waals surface area contributed by atoms with E-state index in [1.165, 1.54) is 0 Å². The molecule has 1 saturated heterocycles. The van der Waals surface area contributed by atoms with E-state index in [2.05, 4.69) is 10.6 Å². The lowest BCUT2D eigenvalue weighted by atomic mass is 9.89. The number of β-amino-alcohol motifs (C(OH)–C–C–N with tert-alkyl or cyclic N) is 1. The van der Waals surface area contributed by atoms with Crippen LogP contribution < -0.4 is 15.4 Å². The van der Waals surface area contributed by atoms with E-state index in [4.69, 9.17) is 4.74 Å². The van der Waals surface area contributed by atoms with E-state index in [-0.39, 0.29) is 23.6 Å². The molecule has 1 fully saturated rings. The summed E-state index contributed by atoms with van der Waals surface area (Å²) in [6.07, 6.45) is 0.768. The van der Waals surface area contributed by atoms with Crippen molar-refractivity contribution >= 4 is 5.91 Å². The fraction of sp³-hybridized carbons (Fsp3) is 0.562. The number of nitrogens with one attached hydrogen (secondary N) is 2. The average Bonchev–Trinajstić information content (AvgIpc) is 2.84. The minimum Gasteiger partial charge on any atom is -0.487 e. The summed E-state index contributed by atoms with van der Waals surface area (Å²) < 4.78 is 5.97. The van der Waals surface area contributed by atoms with Gasteiger partial charge in [-0.15, -0.1) is 0 Å². The Morgan fingerprint density at radius 2 is 2.19 bits per heavy atom. The number of carbonyl (C=O) groups excluding carboxylic acids is 1. The van der Waals surface area contributed by atoms with Crippen molar-refractivity contribution in [3.05, 3.63) is 29.8 Å². The van der Waals surface area contributed by atoms with Crippen LogP contribution in [-0.2, 0) is 4.79 Å². The molecule has 114 valence electrons. The number of rotatable bonds is 2. The first-order valence-electron chi connectivity index (χ1n) is 7.44. The van der Waals surface area contributed by atoms with Crippen molar-refractivity contribution in [3.8, 4) is 5.75 Å². The molecule has 0 saturated carbocycles. The van der Waals surface area contributed by atoms with Crippen LogP contribution in [0.5, 0.6) is 5.75 Å². The maximum atomic E-state index is 12.4. The Labute approximate surface area is 124 Å². The quantitative estimate of drug-likeness (QED) is 0.763. The first kappa shape index (κ1) is 14.4. The van der Waals surface area contributed by atoms with E-state index < -0.39 is 6.10 Å². The molecule has 5 heteroatoms. The molecule has 0 bridgehead atoms. The molecule has 2 aliphatic heterocycles. The Morgan fingerprint density at radius 1 is 1.43 bits per heavy atom. The fourth-order valence-corrected chi connectivity index (χ4v) is 3.12. The van der Waals surface area contributed by atoms with Crippen LogP contribution in [0.15, 0.2) is 24.3 Å². The molecule has 0 aliphatic carbocycles. The normalized spacial score (nSPS) is 30.3. The number of amides is 1. The molecule has 3 rings (SSSR count). The number of ether oxygens (including phenoxy) is 1. The van der Waals surface area contributed by atoms with Gasteiger partial charge in [0.15, 0.2) is 0 Å². The zero-order valence-corrected chi connectivity index (χ0v) is 12.4. The third-order valence-electron chi connectivity index (χ3n) is 4.12. The Balaban J connectivity index is 1.77. The van der Waals surface area contributed by atoms with E-state index in [1.54, 1.807) is 0 Å². The monoisotopic (exact) mass is 290 g/mol. The molecule has 0 aromatic heterocycles. The third kappa shape index (κ3) is 3.04. The lowest BCUT2D eigenvalue weighted by molar-refractivity contribution is -0.124. The summed E-state index contributed by atoms with van der Waals surface area (Å²) in [6, 6.07) is 7.46. The van der Waals surface area contributed by atoms with Gasteiger partial charge in [0.1, 0.15) is 11.4 Å². The van der Waals surface area contributed by atoms with Gasteiger partial charge in [-0.05, 0) is 26.3 Å². The van der Waals surface area contributed by atoms with Gasteiger partial charge in [0.2, 0.25) is 5.91 Å². The first-order valence-corrected chi connectivity index (χ1v) is 7.44. The Bertz CT molecular complexity index is 544. The topological polar surface area (TPSA) is 70.6 Å². The SMILES string of the molecule is CC1(C)CC(NC(=O)C2CC(O)CN2)c2ccccc2O1. The smallest absolute Gasteiger partial charge is 0.237 e. The molecule has 2 aliphatic rings. The van der Waals surface area contributed by atoms with Gasteiger partial charge in [-0.25, -0.2) is 0 Å². The summed E-state index contributed by atoms with van der Waals surface area (Å²) in [7, 11) is 0. The largest absolute Gasteiger partial charge is 0.487 e. The molecule has 2 heterocycles. The highest BCUT2D eigenvalue weighted by atomic mass is 16.5. The maximum absolute atomic E-state index is 12.4. The predicted octanol–water partition coefficient (Wildman–Crippen LogP) is 1.13. The number of benzene rings is 1. The van der Waals surface area contributed by atoms with Crippen molar-refractivity contribution in [2.24, 2.45) is 0 Å². The molecule has 1 aromatic rings. The highest BCUT2D eigenvalue weighted by Gasteiger charge is 2.36. The van der Waals surface area contributed by atoms with Gasteiger partial charge in [0.05, 0.1) is 18.2 Å². The molecular formula is C16H22N2O3. The summed E-state index contributed by atoms with van der Waals surface area (Å²) >= 11 is 0. The molecule has 5 nitrogen and oxygen atoms in total. The van der Waals surface area contributed by atoms with Crippen molar-refractivity contribution in [2.45, 2.75) is 50.5 Å². The molecule has 21 heavy (non-hydrogen) atoms. The van der Waals surface area contributed by atoms with Crippen LogP contribution in [0.4, 0.5) is 0 Å². The number of aliphatic hydroxyl groups is 1. The minimum absolute atomic E-state index is 0.0518. The highest BCUT2D eigenvalue weighted by molar-refractivity contribution is 5.82. The molecule has 1 aromatic carbocycles. The zero-order valence-electron chi connectivity index (χ0n) is 12.4. The zero-order chi connectivity index (χ0) is 15.0. The fourth-order valence-electron chi connectivity index (χ4n) is 3.12. The molecular weight excluding hydrogens is 268 g/mol. The van der Waals surface area contributed by atoms with Crippen LogP contribution in [0, 0.1) is 0 Å². The summed E-state index contributed by atoms with van der Waals surface area (Å²) in [5, 5.41) is 15.7. The van der Waals surface area contributed by atoms with E-state index in [0.717, 1.165) is 17.7 Å². The van der Waals surface area contributed by atoms with Crippen LogP contribution in [0.1, 0.15) is 38.3 Å².